The van der Waals surface area contributed by atoms with Gasteiger partial charge in [-0.1, -0.05) is 19.9 Å². The Balaban J connectivity index is 2.10. The summed E-state index contributed by atoms with van der Waals surface area (Å²) < 4.78 is 10.6. The number of benzene rings is 2. The Morgan fingerprint density at radius 3 is 2.48 bits per heavy atom. The number of thioether (sulfide) groups is 1. The molecule has 1 atom stereocenters. The predicted molar refractivity (Wildman–Crippen MR) is 118 cm³/mol. The summed E-state index contributed by atoms with van der Waals surface area (Å²) >= 11 is 1.46. The first-order valence-corrected chi connectivity index (χ1v) is 10.5. The van der Waals surface area contributed by atoms with E-state index in [4.69, 9.17) is 9.47 Å². The zero-order valence-corrected chi connectivity index (χ0v) is 18.1. The lowest BCUT2D eigenvalue weighted by atomic mass is 10.2. The van der Waals surface area contributed by atoms with Crippen LogP contribution < -0.4 is 20.1 Å². The molecule has 0 heterocycles. The molecule has 0 fully saturated rings. The number of hydrogen-bond donors (Lipinski definition) is 2. The van der Waals surface area contributed by atoms with Crippen LogP contribution in [0.4, 0.5) is 11.4 Å². The molecule has 0 aromatic heterocycles. The summed E-state index contributed by atoms with van der Waals surface area (Å²) in [5.41, 5.74) is 1.30. The lowest BCUT2D eigenvalue weighted by Crippen LogP contribution is -2.24. The zero-order chi connectivity index (χ0) is 21.2. The molecule has 29 heavy (non-hydrogen) atoms. The van der Waals surface area contributed by atoms with Gasteiger partial charge in [0.05, 0.1) is 25.2 Å². The van der Waals surface area contributed by atoms with Gasteiger partial charge in [-0.15, -0.1) is 11.8 Å². The average molecular weight is 417 g/mol. The summed E-state index contributed by atoms with van der Waals surface area (Å²) in [6.45, 7) is 3.93. The molecule has 2 aromatic carbocycles. The van der Waals surface area contributed by atoms with Crippen molar-refractivity contribution >= 4 is 35.0 Å². The fourth-order valence-corrected chi connectivity index (χ4v) is 3.72. The van der Waals surface area contributed by atoms with E-state index in [1.807, 2.05) is 38.1 Å². The highest BCUT2D eigenvalue weighted by atomic mass is 32.2. The van der Waals surface area contributed by atoms with Crippen LogP contribution in [0.2, 0.25) is 0 Å². The second-order valence-electron chi connectivity index (χ2n) is 6.40. The van der Waals surface area contributed by atoms with E-state index < -0.39 is 0 Å². The van der Waals surface area contributed by atoms with E-state index in [9.17, 15) is 9.59 Å². The minimum absolute atomic E-state index is 0.00967. The van der Waals surface area contributed by atoms with Gasteiger partial charge in [-0.3, -0.25) is 9.59 Å². The molecule has 7 heteroatoms. The Kier molecular flexibility index (Phi) is 8.86. The second-order valence-corrected chi connectivity index (χ2v) is 7.67. The summed E-state index contributed by atoms with van der Waals surface area (Å²) in [5.74, 6) is 1.07. The molecule has 2 aromatic rings. The molecule has 1 unspecified atom stereocenters. The SMILES string of the molecule is CCCC(=O)Nc1cccc(SC(CC)C(=O)Nc2cc(OC)ccc2OC)c1. The molecule has 0 aliphatic carbocycles. The quantitative estimate of drug-likeness (QED) is 0.536. The molecular weight excluding hydrogens is 388 g/mol. The number of carbonyl (C=O) groups is 2. The maximum absolute atomic E-state index is 12.9. The summed E-state index contributed by atoms with van der Waals surface area (Å²) in [7, 11) is 3.13. The first-order chi connectivity index (χ1) is 14.0. The van der Waals surface area contributed by atoms with Crippen LogP contribution in [-0.2, 0) is 9.59 Å². The topological polar surface area (TPSA) is 76.7 Å². The molecular formula is C22H28N2O4S. The van der Waals surface area contributed by atoms with E-state index in [-0.39, 0.29) is 17.1 Å². The lowest BCUT2D eigenvalue weighted by Gasteiger charge is -2.17. The maximum Gasteiger partial charge on any atom is 0.237 e. The number of ether oxygens (including phenoxy) is 2. The zero-order valence-electron chi connectivity index (χ0n) is 17.3. The number of hydrogen-bond acceptors (Lipinski definition) is 5. The van der Waals surface area contributed by atoms with Crippen molar-refractivity contribution in [2.45, 2.75) is 43.3 Å². The van der Waals surface area contributed by atoms with Gasteiger partial charge >= 0.3 is 0 Å². The smallest absolute Gasteiger partial charge is 0.237 e. The van der Waals surface area contributed by atoms with Crippen molar-refractivity contribution in [1.82, 2.24) is 0 Å². The third-order valence-corrected chi connectivity index (χ3v) is 5.56. The van der Waals surface area contributed by atoms with Crippen molar-refractivity contribution < 1.29 is 19.1 Å². The van der Waals surface area contributed by atoms with Gasteiger partial charge in [0.1, 0.15) is 11.5 Å². The normalized spacial score (nSPS) is 11.4. The van der Waals surface area contributed by atoms with Gasteiger partial charge in [0, 0.05) is 23.1 Å². The van der Waals surface area contributed by atoms with Gasteiger partial charge in [0.2, 0.25) is 11.8 Å². The van der Waals surface area contributed by atoms with Crippen LogP contribution in [0.25, 0.3) is 0 Å². The van der Waals surface area contributed by atoms with Crippen LogP contribution >= 0.6 is 11.8 Å². The third-order valence-electron chi connectivity index (χ3n) is 4.20. The largest absolute Gasteiger partial charge is 0.497 e. The van der Waals surface area contributed by atoms with E-state index >= 15 is 0 Å². The third kappa shape index (κ3) is 6.71. The molecule has 0 bridgehead atoms. The van der Waals surface area contributed by atoms with Crippen LogP contribution in [0.5, 0.6) is 11.5 Å². The van der Waals surface area contributed by atoms with Gasteiger partial charge in [-0.2, -0.15) is 0 Å². The fraction of sp³-hybridized carbons (Fsp3) is 0.364. The van der Waals surface area contributed by atoms with Crippen LogP contribution in [0, 0.1) is 0 Å². The van der Waals surface area contributed by atoms with E-state index in [0.29, 0.717) is 30.0 Å². The van der Waals surface area contributed by atoms with Crippen LogP contribution in [0.15, 0.2) is 47.4 Å². The molecule has 0 saturated carbocycles. The first-order valence-electron chi connectivity index (χ1n) is 9.60. The van der Waals surface area contributed by atoms with Crippen LogP contribution in [0.3, 0.4) is 0 Å². The number of carbonyl (C=O) groups excluding carboxylic acids is 2. The summed E-state index contributed by atoms with van der Waals surface area (Å²) in [5, 5.41) is 5.53. The van der Waals surface area contributed by atoms with Gasteiger partial charge in [-0.05, 0) is 43.2 Å². The standard InChI is InChI=1S/C22H28N2O4S/c1-5-8-21(25)23-15-9-7-10-17(13-15)29-20(6-2)22(26)24-18-14-16(27-3)11-12-19(18)28-4/h7,9-14,20H,5-6,8H2,1-4H3,(H,23,25)(H,24,26). The Bertz CT molecular complexity index is 841. The Morgan fingerprint density at radius 2 is 1.83 bits per heavy atom. The monoisotopic (exact) mass is 416 g/mol. The number of amides is 2. The van der Waals surface area contributed by atoms with Gasteiger partial charge in [-0.25, -0.2) is 0 Å². The Morgan fingerprint density at radius 1 is 1.03 bits per heavy atom. The minimum atomic E-state index is -0.299. The molecule has 2 N–H and O–H groups in total. The van der Waals surface area contributed by atoms with Gasteiger partial charge < -0.3 is 20.1 Å². The van der Waals surface area contributed by atoms with Crippen molar-refractivity contribution in [2.24, 2.45) is 0 Å². The first kappa shape index (κ1) is 22.6. The van der Waals surface area contributed by atoms with E-state index in [1.165, 1.54) is 11.8 Å². The number of methoxy groups -OCH3 is 2. The molecule has 2 amide bonds. The summed E-state index contributed by atoms with van der Waals surface area (Å²) in [6, 6.07) is 12.8. The van der Waals surface area contributed by atoms with Crippen molar-refractivity contribution in [3.63, 3.8) is 0 Å². The van der Waals surface area contributed by atoms with Crippen LogP contribution in [-0.4, -0.2) is 31.3 Å². The number of anilines is 2. The molecule has 0 saturated heterocycles. The summed E-state index contributed by atoms with van der Waals surface area (Å²) in [4.78, 5) is 25.6. The van der Waals surface area contributed by atoms with Crippen molar-refractivity contribution in [3.8, 4) is 11.5 Å². The van der Waals surface area contributed by atoms with Crippen molar-refractivity contribution in [1.29, 1.82) is 0 Å². The van der Waals surface area contributed by atoms with Crippen molar-refractivity contribution in [3.05, 3.63) is 42.5 Å². The van der Waals surface area contributed by atoms with E-state index in [0.717, 1.165) is 17.0 Å². The predicted octanol–water partition coefficient (Wildman–Crippen LogP) is 4.95. The van der Waals surface area contributed by atoms with Crippen LogP contribution in [0.1, 0.15) is 33.1 Å². The van der Waals surface area contributed by atoms with Gasteiger partial charge in [0.15, 0.2) is 0 Å². The molecule has 0 radical (unpaired) electrons. The Labute approximate surface area is 176 Å². The molecule has 0 aliphatic rings. The van der Waals surface area contributed by atoms with E-state index in [2.05, 4.69) is 10.6 Å². The molecule has 6 nitrogen and oxygen atoms in total. The van der Waals surface area contributed by atoms with Gasteiger partial charge in [0.25, 0.3) is 0 Å². The van der Waals surface area contributed by atoms with Crippen molar-refractivity contribution in [2.75, 3.05) is 24.9 Å². The minimum Gasteiger partial charge on any atom is -0.497 e. The molecule has 2 rings (SSSR count). The molecule has 156 valence electrons. The van der Waals surface area contributed by atoms with E-state index in [1.54, 1.807) is 32.4 Å². The highest BCUT2D eigenvalue weighted by molar-refractivity contribution is 8.00. The fourth-order valence-electron chi connectivity index (χ4n) is 2.71. The lowest BCUT2D eigenvalue weighted by molar-refractivity contribution is -0.116. The summed E-state index contributed by atoms with van der Waals surface area (Å²) in [6.07, 6.45) is 1.93. The highest BCUT2D eigenvalue weighted by Crippen LogP contribution is 2.32. The number of rotatable bonds is 10. The molecule has 0 spiro atoms. The highest BCUT2D eigenvalue weighted by Gasteiger charge is 2.20. The second kappa shape index (κ2) is 11.4. The maximum atomic E-state index is 12.9. The average Bonchev–Trinajstić information content (AvgIpc) is 2.72. The molecule has 0 aliphatic heterocycles. The number of nitrogens with one attached hydrogen (secondary N) is 2. The Hall–Kier alpha value is -2.67.